The summed E-state index contributed by atoms with van der Waals surface area (Å²) in [6.07, 6.45) is 0.421. The number of pyridine rings is 1. The molecule has 0 aliphatic heterocycles. The second kappa shape index (κ2) is 5.39. The predicted molar refractivity (Wildman–Crippen MR) is 90.6 cm³/mol. The molecule has 4 aromatic rings. The van der Waals surface area contributed by atoms with Crippen LogP contribution in [0.2, 0.25) is 0 Å². The molecule has 2 heterocycles. The number of aryl methyl sites for hydroxylation is 1. The molecular weight excluding hydrogens is 291 g/mol. The van der Waals surface area contributed by atoms with Crippen LogP contribution in [-0.2, 0) is 6.42 Å². The van der Waals surface area contributed by atoms with E-state index in [1.807, 2.05) is 54.6 Å². The van der Waals surface area contributed by atoms with Gasteiger partial charge in [-0.05, 0) is 34.9 Å². The SMILES string of the molecule is O=c1cc(-c2ccc(CCF)cc2)cc2[nH]c3ccccc3n12. The first-order chi connectivity index (χ1) is 11.3. The zero-order chi connectivity index (χ0) is 15.8. The second-order valence-corrected chi connectivity index (χ2v) is 5.58. The Balaban J connectivity index is 1.88. The van der Waals surface area contributed by atoms with Gasteiger partial charge < -0.3 is 4.98 Å². The summed E-state index contributed by atoms with van der Waals surface area (Å²) in [6, 6.07) is 19.0. The number of nitrogens with zero attached hydrogens (tertiary/aromatic N) is 1. The van der Waals surface area contributed by atoms with Gasteiger partial charge in [-0.3, -0.25) is 13.6 Å². The van der Waals surface area contributed by atoms with Crippen LogP contribution in [0.3, 0.4) is 0 Å². The van der Waals surface area contributed by atoms with Gasteiger partial charge in [0, 0.05) is 12.5 Å². The molecule has 0 amide bonds. The number of halogens is 1. The third kappa shape index (κ3) is 2.32. The molecule has 0 saturated carbocycles. The van der Waals surface area contributed by atoms with E-state index in [4.69, 9.17) is 0 Å². The number of rotatable bonds is 3. The summed E-state index contributed by atoms with van der Waals surface area (Å²) in [5, 5.41) is 0. The number of hydrogen-bond acceptors (Lipinski definition) is 1. The van der Waals surface area contributed by atoms with Gasteiger partial charge >= 0.3 is 0 Å². The van der Waals surface area contributed by atoms with Gasteiger partial charge in [0.25, 0.3) is 5.56 Å². The zero-order valence-electron chi connectivity index (χ0n) is 12.4. The third-order valence-corrected chi connectivity index (χ3v) is 4.11. The normalized spacial score (nSPS) is 11.3. The van der Waals surface area contributed by atoms with Gasteiger partial charge in [0.15, 0.2) is 0 Å². The summed E-state index contributed by atoms with van der Waals surface area (Å²) >= 11 is 0. The molecule has 114 valence electrons. The molecule has 3 nitrogen and oxygen atoms in total. The van der Waals surface area contributed by atoms with Crippen molar-refractivity contribution >= 4 is 16.7 Å². The molecule has 2 aromatic carbocycles. The lowest BCUT2D eigenvalue weighted by Crippen LogP contribution is -2.11. The van der Waals surface area contributed by atoms with Gasteiger partial charge in [0.05, 0.1) is 17.7 Å². The Morgan fingerprint density at radius 2 is 1.74 bits per heavy atom. The first-order valence-corrected chi connectivity index (χ1v) is 7.55. The summed E-state index contributed by atoms with van der Waals surface area (Å²) in [5.74, 6) is 0. The first-order valence-electron chi connectivity index (χ1n) is 7.55. The van der Waals surface area contributed by atoms with E-state index in [2.05, 4.69) is 4.98 Å². The van der Waals surface area contributed by atoms with Crippen molar-refractivity contribution in [2.75, 3.05) is 6.67 Å². The Kier molecular flexibility index (Phi) is 3.23. The lowest BCUT2D eigenvalue weighted by atomic mass is 10.0. The van der Waals surface area contributed by atoms with Crippen molar-refractivity contribution in [1.29, 1.82) is 0 Å². The Morgan fingerprint density at radius 3 is 2.52 bits per heavy atom. The van der Waals surface area contributed by atoms with E-state index in [0.29, 0.717) is 6.42 Å². The van der Waals surface area contributed by atoms with Crippen LogP contribution >= 0.6 is 0 Å². The number of benzene rings is 2. The first kappa shape index (κ1) is 13.8. The molecule has 0 spiro atoms. The number of fused-ring (bicyclic) bond motifs is 3. The monoisotopic (exact) mass is 306 g/mol. The second-order valence-electron chi connectivity index (χ2n) is 5.58. The van der Waals surface area contributed by atoms with Crippen molar-refractivity contribution in [2.45, 2.75) is 6.42 Å². The molecule has 4 heteroatoms. The van der Waals surface area contributed by atoms with Gasteiger partial charge in [-0.25, -0.2) is 0 Å². The fraction of sp³-hybridized carbons (Fsp3) is 0.105. The number of aromatic nitrogens is 2. The van der Waals surface area contributed by atoms with E-state index in [0.717, 1.165) is 33.4 Å². The maximum atomic E-state index is 12.5. The number of nitrogens with one attached hydrogen (secondary N) is 1. The van der Waals surface area contributed by atoms with E-state index >= 15 is 0 Å². The molecule has 0 unspecified atom stereocenters. The van der Waals surface area contributed by atoms with Crippen LogP contribution < -0.4 is 5.56 Å². The molecule has 4 rings (SSSR count). The largest absolute Gasteiger partial charge is 0.340 e. The highest BCUT2D eigenvalue weighted by atomic mass is 19.1. The van der Waals surface area contributed by atoms with Gasteiger partial charge in [0.2, 0.25) is 0 Å². The molecule has 0 aliphatic carbocycles. The molecule has 0 saturated heterocycles. The number of alkyl halides is 1. The van der Waals surface area contributed by atoms with E-state index in [1.54, 1.807) is 10.5 Å². The highest BCUT2D eigenvalue weighted by Crippen LogP contribution is 2.22. The fourth-order valence-corrected chi connectivity index (χ4v) is 2.96. The molecule has 2 aromatic heterocycles. The predicted octanol–water partition coefficient (Wildman–Crippen LogP) is 3.96. The van der Waals surface area contributed by atoms with E-state index in [1.165, 1.54) is 0 Å². The summed E-state index contributed by atoms with van der Waals surface area (Å²) in [4.78, 5) is 15.8. The van der Waals surface area contributed by atoms with Crippen LogP contribution in [0, 0.1) is 0 Å². The quantitative estimate of drug-likeness (QED) is 0.611. The van der Waals surface area contributed by atoms with Gasteiger partial charge in [-0.1, -0.05) is 36.4 Å². The molecule has 23 heavy (non-hydrogen) atoms. The number of H-pyrrole nitrogens is 1. The van der Waals surface area contributed by atoms with Crippen molar-refractivity contribution in [3.05, 3.63) is 76.6 Å². The topological polar surface area (TPSA) is 37.3 Å². The van der Waals surface area contributed by atoms with Crippen molar-refractivity contribution in [3.8, 4) is 11.1 Å². The number of para-hydroxylation sites is 2. The average Bonchev–Trinajstić information content (AvgIpc) is 2.94. The standard InChI is InChI=1S/C19H15FN2O/c20-10-9-13-5-7-14(8-6-13)15-11-18-21-16-3-1-2-4-17(16)22(18)19(23)12-15/h1-8,11-12,21H,9-10H2. The molecular formula is C19H15FN2O. The van der Waals surface area contributed by atoms with E-state index in [9.17, 15) is 9.18 Å². The molecule has 0 atom stereocenters. The number of imidazole rings is 1. The van der Waals surface area contributed by atoms with Crippen LogP contribution in [0.1, 0.15) is 5.56 Å². The Bertz CT molecular complexity index is 1040. The summed E-state index contributed by atoms with van der Waals surface area (Å²) < 4.78 is 14.1. The van der Waals surface area contributed by atoms with Gasteiger partial charge in [-0.15, -0.1) is 0 Å². The minimum Gasteiger partial charge on any atom is -0.340 e. The van der Waals surface area contributed by atoms with E-state index in [-0.39, 0.29) is 12.2 Å². The van der Waals surface area contributed by atoms with Gasteiger partial charge in [-0.2, -0.15) is 0 Å². The molecule has 0 fully saturated rings. The molecule has 1 N–H and O–H groups in total. The van der Waals surface area contributed by atoms with Crippen molar-refractivity contribution in [3.63, 3.8) is 0 Å². The maximum absolute atomic E-state index is 12.5. The Labute approximate surface area is 132 Å². The lowest BCUT2D eigenvalue weighted by Gasteiger charge is -2.04. The van der Waals surface area contributed by atoms with Crippen molar-refractivity contribution < 1.29 is 4.39 Å². The molecule has 0 aliphatic rings. The average molecular weight is 306 g/mol. The van der Waals surface area contributed by atoms with Crippen LogP contribution in [0.15, 0.2) is 65.5 Å². The fourth-order valence-electron chi connectivity index (χ4n) is 2.96. The summed E-state index contributed by atoms with van der Waals surface area (Å²) in [7, 11) is 0. The summed E-state index contributed by atoms with van der Waals surface area (Å²) in [6.45, 7) is -0.359. The molecule has 0 radical (unpaired) electrons. The summed E-state index contributed by atoms with van der Waals surface area (Å²) in [5.41, 5.74) is 5.26. The van der Waals surface area contributed by atoms with Crippen LogP contribution in [-0.4, -0.2) is 16.1 Å². The smallest absolute Gasteiger partial charge is 0.257 e. The van der Waals surface area contributed by atoms with Crippen LogP contribution in [0.5, 0.6) is 0 Å². The molecule has 0 bridgehead atoms. The van der Waals surface area contributed by atoms with Crippen LogP contribution in [0.25, 0.3) is 27.8 Å². The van der Waals surface area contributed by atoms with Gasteiger partial charge in [0.1, 0.15) is 5.65 Å². The van der Waals surface area contributed by atoms with Crippen molar-refractivity contribution in [2.24, 2.45) is 0 Å². The minimum atomic E-state index is -0.359. The lowest BCUT2D eigenvalue weighted by molar-refractivity contribution is 0.495. The number of aromatic amines is 1. The minimum absolute atomic E-state index is 0.0669. The van der Waals surface area contributed by atoms with Crippen molar-refractivity contribution in [1.82, 2.24) is 9.38 Å². The third-order valence-electron chi connectivity index (χ3n) is 4.11. The van der Waals surface area contributed by atoms with E-state index < -0.39 is 0 Å². The highest BCUT2D eigenvalue weighted by molar-refractivity contribution is 5.82. The maximum Gasteiger partial charge on any atom is 0.257 e. The highest BCUT2D eigenvalue weighted by Gasteiger charge is 2.08. The van der Waals surface area contributed by atoms with Crippen LogP contribution in [0.4, 0.5) is 4.39 Å². The Morgan fingerprint density at radius 1 is 0.957 bits per heavy atom. The Hall–Kier alpha value is -2.88. The number of hydrogen-bond donors (Lipinski definition) is 1. The zero-order valence-corrected chi connectivity index (χ0v) is 12.4.